The molecule has 3 rings (SSSR count). The Hall–Kier alpha value is -2.97. The van der Waals surface area contributed by atoms with Gasteiger partial charge in [0.15, 0.2) is 0 Å². The van der Waals surface area contributed by atoms with Gasteiger partial charge in [0.2, 0.25) is 0 Å². The van der Waals surface area contributed by atoms with Crippen molar-refractivity contribution in [3.05, 3.63) is 76.0 Å². The highest BCUT2D eigenvalue weighted by atomic mass is 32.1. The topological polar surface area (TPSA) is 48.7 Å². The lowest BCUT2D eigenvalue weighted by molar-refractivity contribution is 0.628. The summed E-state index contributed by atoms with van der Waals surface area (Å²) in [4.78, 5) is 4.61. The maximum Gasteiger partial charge on any atom is 0.136 e. The van der Waals surface area contributed by atoms with E-state index in [0.717, 1.165) is 23.2 Å². The lowest BCUT2D eigenvalue weighted by Gasteiger charge is -2.06. The van der Waals surface area contributed by atoms with Crippen LogP contribution in [0.4, 0.5) is 10.1 Å². The fourth-order valence-corrected chi connectivity index (χ4v) is 3.65. The second-order valence-corrected chi connectivity index (χ2v) is 7.96. The van der Waals surface area contributed by atoms with Gasteiger partial charge in [-0.2, -0.15) is 5.26 Å². The van der Waals surface area contributed by atoms with E-state index in [2.05, 4.69) is 54.5 Å². The molecule has 0 aliphatic heterocycles. The Morgan fingerprint density at radius 2 is 2.00 bits per heavy atom. The summed E-state index contributed by atoms with van der Waals surface area (Å²) in [5.41, 5.74) is 5.12. The van der Waals surface area contributed by atoms with Crippen LogP contribution < -0.4 is 5.32 Å². The molecule has 0 radical (unpaired) electrons. The number of thiazole rings is 1. The molecule has 0 aliphatic rings. The minimum atomic E-state index is -0.322. The molecule has 0 saturated heterocycles. The molecular weight excluding hydrogens is 369 g/mol. The summed E-state index contributed by atoms with van der Waals surface area (Å²) < 4.78 is 13.4. The van der Waals surface area contributed by atoms with Crippen molar-refractivity contribution in [1.82, 2.24) is 4.98 Å². The van der Waals surface area contributed by atoms with Crippen LogP contribution in [0.2, 0.25) is 0 Å². The molecule has 0 bridgehead atoms. The number of hydrogen-bond acceptors (Lipinski definition) is 4. The molecule has 0 saturated carbocycles. The van der Waals surface area contributed by atoms with Gasteiger partial charge in [0.05, 0.1) is 5.69 Å². The Labute approximate surface area is 169 Å². The summed E-state index contributed by atoms with van der Waals surface area (Å²) in [6.45, 7) is 6.29. The van der Waals surface area contributed by atoms with Crippen LogP contribution in [0.3, 0.4) is 0 Å². The zero-order chi connectivity index (χ0) is 20.1. The van der Waals surface area contributed by atoms with E-state index in [1.807, 2.05) is 12.3 Å². The second kappa shape index (κ2) is 8.81. The lowest BCUT2D eigenvalue weighted by atomic mass is 10.0. The lowest BCUT2D eigenvalue weighted by Crippen LogP contribution is -1.94. The SMILES string of the molecule is Cc1ccc(F)cc1NC=C(C#N)c1nc(-c2ccc(CC(C)C)cc2)cs1. The fraction of sp³-hybridized carbons (Fsp3) is 0.217. The van der Waals surface area contributed by atoms with E-state index < -0.39 is 0 Å². The number of halogens is 1. The van der Waals surface area contributed by atoms with E-state index in [0.29, 0.717) is 22.2 Å². The smallest absolute Gasteiger partial charge is 0.136 e. The highest BCUT2D eigenvalue weighted by molar-refractivity contribution is 7.11. The highest BCUT2D eigenvalue weighted by Crippen LogP contribution is 2.27. The summed E-state index contributed by atoms with van der Waals surface area (Å²) in [7, 11) is 0. The molecule has 0 atom stereocenters. The quantitative estimate of drug-likeness (QED) is 0.492. The molecular formula is C23H22FN3S. The summed E-state index contributed by atoms with van der Waals surface area (Å²) in [5, 5.41) is 15.1. The third-order valence-electron chi connectivity index (χ3n) is 4.32. The van der Waals surface area contributed by atoms with E-state index in [1.165, 1.54) is 29.0 Å². The number of benzene rings is 2. The van der Waals surface area contributed by atoms with Crippen molar-refractivity contribution >= 4 is 22.6 Å². The van der Waals surface area contributed by atoms with Crippen molar-refractivity contribution in [2.45, 2.75) is 27.2 Å². The Kier molecular flexibility index (Phi) is 6.23. The number of aromatic nitrogens is 1. The number of anilines is 1. The molecule has 1 N–H and O–H groups in total. The largest absolute Gasteiger partial charge is 0.360 e. The van der Waals surface area contributed by atoms with Gasteiger partial charge in [0.25, 0.3) is 0 Å². The van der Waals surface area contributed by atoms with Crippen LogP contribution in [-0.2, 0) is 6.42 Å². The van der Waals surface area contributed by atoms with Crippen LogP contribution in [0.25, 0.3) is 16.8 Å². The minimum Gasteiger partial charge on any atom is -0.360 e. The summed E-state index contributed by atoms with van der Waals surface area (Å²) in [5.74, 6) is 0.298. The van der Waals surface area contributed by atoms with Crippen molar-refractivity contribution in [3.63, 3.8) is 0 Å². The van der Waals surface area contributed by atoms with Gasteiger partial charge < -0.3 is 5.32 Å². The normalized spacial score (nSPS) is 11.5. The zero-order valence-electron chi connectivity index (χ0n) is 16.2. The van der Waals surface area contributed by atoms with Crippen LogP contribution in [0.15, 0.2) is 54.0 Å². The molecule has 28 heavy (non-hydrogen) atoms. The Bertz CT molecular complexity index is 1030. The number of allylic oxidation sites excluding steroid dienone is 1. The molecule has 3 nitrogen and oxygen atoms in total. The standard InChI is InChI=1S/C23H22FN3S/c1-15(2)10-17-5-7-18(8-6-17)22-14-28-23(27-22)19(12-25)13-26-21-11-20(24)9-4-16(21)3/h4-9,11,13-15,26H,10H2,1-3H3. The van der Waals surface area contributed by atoms with Gasteiger partial charge in [-0.05, 0) is 42.5 Å². The highest BCUT2D eigenvalue weighted by Gasteiger charge is 2.10. The number of nitrogens with one attached hydrogen (secondary N) is 1. The van der Waals surface area contributed by atoms with Crippen LogP contribution in [0.5, 0.6) is 0 Å². The van der Waals surface area contributed by atoms with Gasteiger partial charge in [-0.3, -0.25) is 0 Å². The summed E-state index contributed by atoms with van der Waals surface area (Å²) in [6, 6.07) is 15.1. The Balaban J connectivity index is 1.79. The molecule has 142 valence electrons. The van der Waals surface area contributed by atoms with Crippen molar-refractivity contribution in [2.75, 3.05) is 5.32 Å². The number of hydrogen-bond donors (Lipinski definition) is 1. The summed E-state index contributed by atoms with van der Waals surface area (Å²) >= 11 is 1.42. The van der Waals surface area contributed by atoms with Gasteiger partial charge in [-0.15, -0.1) is 11.3 Å². The van der Waals surface area contributed by atoms with Gasteiger partial charge in [-0.1, -0.05) is 44.2 Å². The monoisotopic (exact) mass is 391 g/mol. The third kappa shape index (κ3) is 4.85. The summed E-state index contributed by atoms with van der Waals surface area (Å²) in [6.07, 6.45) is 2.63. The number of aryl methyl sites for hydroxylation is 1. The minimum absolute atomic E-state index is 0.322. The van der Waals surface area contributed by atoms with Gasteiger partial charge >= 0.3 is 0 Å². The molecule has 0 aliphatic carbocycles. The number of nitriles is 1. The average Bonchev–Trinajstić information content (AvgIpc) is 3.15. The average molecular weight is 392 g/mol. The van der Waals surface area contributed by atoms with Crippen LogP contribution in [-0.4, -0.2) is 4.98 Å². The number of nitrogens with zero attached hydrogens (tertiary/aromatic N) is 2. The Morgan fingerprint density at radius 1 is 1.25 bits per heavy atom. The molecule has 5 heteroatoms. The first-order chi connectivity index (χ1) is 13.5. The predicted molar refractivity (Wildman–Crippen MR) is 114 cm³/mol. The molecule has 0 amide bonds. The van der Waals surface area contributed by atoms with Crippen LogP contribution in [0, 0.1) is 30.0 Å². The zero-order valence-corrected chi connectivity index (χ0v) is 17.0. The first-order valence-corrected chi connectivity index (χ1v) is 10.0. The van der Waals surface area contributed by atoms with Crippen molar-refractivity contribution < 1.29 is 4.39 Å². The molecule has 2 aromatic carbocycles. The number of rotatable bonds is 6. The van der Waals surface area contributed by atoms with E-state index in [4.69, 9.17) is 0 Å². The van der Waals surface area contributed by atoms with Crippen LogP contribution in [0.1, 0.15) is 30.0 Å². The molecule has 3 aromatic rings. The molecule has 0 unspecified atom stereocenters. The van der Waals surface area contributed by atoms with E-state index in [9.17, 15) is 9.65 Å². The second-order valence-electron chi connectivity index (χ2n) is 7.11. The Morgan fingerprint density at radius 3 is 2.68 bits per heavy atom. The van der Waals surface area contributed by atoms with Gasteiger partial charge in [0.1, 0.15) is 22.5 Å². The van der Waals surface area contributed by atoms with E-state index in [-0.39, 0.29) is 5.82 Å². The van der Waals surface area contributed by atoms with E-state index >= 15 is 0 Å². The van der Waals surface area contributed by atoms with E-state index in [1.54, 1.807) is 12.3 Å². The third-order valence-corrected chi connectivity index (χ3v) is 5.20. The molecule has 0 spiro atoms. The maximum atomic E-state index is 13.4. The molecule has 1 aromatic heterocycles. The molecule has 1 heterocycles. The van der Waals surface area contributed by atoms with Crippen molar-refractivity contribution in [2.24, 2.45) is 5.92 Å². The molecule has 0 fully saturated rings. The van der Waals surface area contributed by atoms with Crippen molar-refractivity contribution in [1.29, 1.82) is 5.26 Å². The van der Waals surface area contributed by atoms with Gasteiger partial charge in [-0.25, -0.2) is 9.37 Å². The van der Waals surface area contributed by atoms with Crippen molar-refractivity contribution in [3.8, 4) is 17.3 Å². The fourth-order valence-electron chi connectivity index (χ4n) is 2.85. The van der Waals surface area contributed by atoms with Gasteiger partial charge in [0, 0.05) is 22.8 Å². The first-order valence-electron chi connectivity index (χ1n) is 9.14. The van der Waals surface area contributed by atoms with Crippen LogP contribution >= 0.6 is 11.3 Å². The first kappa shape index (κ1) is 19.8. The predicted octanol–water partition coefficient (Wildman–Crippen LogP) is 6.43. The maximum absolute atomic E-state index is 13.4.